The normalized spacial score (nSPS) is 17.8. The zero-order valence-electron chi connectivity index (χ0n) is 10.3. The molecule has 0 saturated heterocycles. The van der Waals surface area contributed by atoms with E-state index < -0.39 is 0 Å². The SMILES string of the molecule is Cc1c(Br)cccc1-c1cccc2c1CC[C@H]2O. The Labute approximate surface area is 116 Å². The number of benzene rings is 2. The van der Waals surface area contributed by atoms with Gasteiger partial charge in [-0.05, 0) is 53.6 Å². The standard InChI is InChI=1S/C16H15BrO/c1-10-11(4-3-7-15(10)17)12-5-2-6-14-13(12)8-9-16(14)18/h2-7,16,18H,8-9H2,1H3/t16-/m1/s1. The maximum atomic E-state index is 9.97. The molecule has 0 aromatic heterocycles. The molecule has 1 aliphatic carbocycles. The van der Waals surface area contributed by atoms with Gasteiger partial charge in [0.2, 0.25) is 0 Å². The molecule has 0 spiro atoms. The van der Waals surface area contributed by atoms with Gasteiger partial charge in [0.25, 0.3) is 0 Å². The third-order valence-electron chi connectivity index (χ3n) is 3.80. The molecule has 0 bridgehead atoms. The van der Waals surface area contributed by atoms with E-state index in [4.69, 9.17) is 0 Å². The third-order valence-corrected chi connectivity index (χ3v) is 4.66. The van der Waals surface area contributed by atoms with Gasteiger partial charge < -0.3 is 5.11 Å². The number of aliphatic hydroxyl groups excluding tert-OH is 1. The van der Waals surface area contributed by atoms with Gasteiger partial charge in [0.15, 0.2) is 0 Å². The minimum atomic E-state index is -0.285. The molecule has 92 valence electrons. The molecule has 1 aliphatic rings. The van der Waals surface area contributed by atoms with Crippen LogP contribution in [0.3, 0.4) is 0 Å². The van der Waals surface area contributed by atoms with Crippen molar-refractivity contribution in [3.05, 3.63) is 57.6 Å². The maximum absolute atomic E-state index is 9.97. The second kappa shape index (κ2) is 4.52. The zero-order chi connectivity index (χ0) is 12.7. The summed E-state index contributed by atoms with van der Waals surface area (Å²) < 4.78 is 1.14. The summed E-state index contributed by atoms with van der Waals surface area (Å²) in [5, 5.41) is 9.97. The van der Waals surface area contributed by atoms with Crippen LogP contribution in [0.4, 0.5) is 0 Å². The van der Waals surface area contributed by atoms with Crippen LogP contribution >= 0.6 is 15.9 Å². The summed E-state index contributed by atoms with van der Waals surface area (Å²) in [5.41, 5.74) is 6.20. The summed E-state index contributed by atoms with van der Waals surface area (Å²) in [6.07, 6.45) is 1.53. The summed E-state index contributed by atoms with van der Waals surface area (Å²) in [4.78, 5) is 0. The van der Waals surface area contributed by atoms with E-state index in [0.29, 0.717) is 0 Å². The Morgan fingerprint density at radius 3 is 2.67 bits per heavy atom. The molecule has 1 nitrogen and oxygen atoms in total. The molecule has 1 N–H and O–H groups in total. The van der Waals surface area contributed by atoms with E-state index in [1.165, 1.54) is 22.3 Å². The largest absolute Gasteiger partial charge is 0.388 e. The highest BCUT2D eigenvalue weighted by Crippen LogP contribution is 2.39. The van der Waals surface area contributed by atoms with E-state index in [9.17, 15) is 5.11 Å². The highest BCUT2D eigenvalue weighted by atomic mass is 79.9. The number of halogens is 1. The summed E-state index contributed by atoms with van der Waals surface area (Å²) in [6.45, 7) is 2.13. The Hall–Kier alpha value is -1.12. The molecule has 0 radical (unpaired) electrons. The van der Waals surface area contributed by atoms with Crippen LogP contribution in [-0.4, -0.2) is 5.11 Å². The zero-order valence-corrected chi connectivity index (χ0v) is 11.9. The fraction of sp³-hybridized carbons (Fsp3) is 0.250. The van der Waals surface area contributed by atoms with Crippen molar-refractivity contribution in [2.75, 3.05) is 0 Å². The van der Waals surface area contributed by atoms with Crippen LogP contribution in [0.15, 0.2) is 40.9 Å². The van der Waals surface area contributed by atoms with E-state index in [2.05, 4.69) is 47.1 Å². The molecule has 0 amide bonds. The van der Waals surface area contributed by atoms with Crippen molar-refractivity contribution in [3.8, 4) is 11.1 Å². The summed E-state index contributed by atoms with van der Waals surface area (Å²) in [7, 11) is 0. The summed E-state index contributed by atoms with van der Waals surface area (Å²) >= 11 is 3.59. The van der Waals surface area contributed by atoms with Crippen LogP contribution in [0.25, 0.3) is 11.1 Å². The monoisotopic (exact) mass is 302 g/mol. The van der Waals surface area contributed by atoms with Gasteiger partial charge in [0.05, 0.1) is 6.10 Å². The topological polar surface area (TPSA) is 20.2 Å². The number of fused-ring (bicyclic) bond motifs is 1. The van der Waals surface area contributed by atoms with E-state index in [1.54, 1.807) is 0 Å². The lowest BCUT2D eigenvalue weighted by molar-refractivity contribution is 0.180. The van der Waals surface area contributed by atoms with Crippen molar-refractivity contribution in [1.82, 2.24) is 0 Å². The summed E-state index contributed by atoms with van der Waals surface area (Å²) in [5.74, 6) is 0. The number of hydrogen-bond acceptors (Lipinski definition) is 1. The van der Waals surface area contributed by atoms with E-state index in [0.717, 1.165) is 22.9 Å². The lowest BCUT2D eigenvalue weighted by atomic mass is 9.94. The Kier molecular flexibility index (Phi) is 3.00. The Morgan fingerprint density at radius 1 is 1.11 bits per heavy atom. The predicted octanol–water partition coefficient (Wildman–Crippen LogP) is 4.40. The van der Waals surface area contributed by atoms with Crippen LogP contribution in [0.1, 0.15) is 29.2 Å². The van der Waals surface area contributed by atoms with Crippen LogP contribution in [0.2, 0.25) is 0 Å². The number of hydrogen-bond donors (Lipinski definition) is 1. The van der Waals surface area contributed by atoms with E-state index >= 15 is 0 Å². The first-order valence-electron chi connectivity index (χ1n) is 6.24. The van der Waals surface area contributed by atoms with Gasteiger partial charge in [-0.3, -0.25) is 0 Å². The van der Waals surface area contributed by atoms with Crippen LogP contribution in [0.5, 0.6) is 0 Å². The number of rotatable bonds is 1. The Morgan fingerprint density at radius 2 is 1.83 bits per heavy atom. The first-order valence-corrected chi connectivity index (χ1v) is 7.03. The average Bonchev–Trinajstić information content (AvgIpc) is 2.75. The van der Waals surface area contributed by atoms with Crippen LogP contribution in [-0.2, 0) is 6.42 Å². The van der Waals surface area contributed by atoms with E-state index in [-0.39, 0.29) is 6.10 Å². The van der Waals surface area contributed by atoms with Crippen molar-refractivity contribution in [2.45, 2.75) is 25.9 Å². The second-order valence-electron chi connectivity index (χ2n) is 4.84. The fourth-order valence-corrected chi connectivity index (χ4v) is 3.15. The van der Waals surface area contributed by atoms with E-state index in [1.807, 2.05) is 12.1 Å². The smallest absolute Gasteiger partial charge is 0.0796 e. The van der Waals surface area contributed by atoms with Crippen molar-refractivity contribution < 1.29 is 5.11 Å². The van der Waals surface area contributed by atoms with Crippen LogP contribution < -0.4 is 0 Å². The predicted molar refractivity (Wildman–Crippen MR) is 77.6 cm³/mol. The average molecular weight is 303 g/mol. The molecule has 0 unspecified atom stereocenters. The molecule has 0 saturated carbocycles. The highest BCUT2D eigenvalue weighted by Gasteiger charge is 2.23. The molecule has 18 heavy (non-hydrogen) atoms. The van der Waals surface area contributed by atoms with Crippen molar-refractivity contribution >= 4 is 15.9 Å². The minimum Gasteiger partial charge on any atom is -0.388 e. The molecule has 1 atom stereocenters. The Bertz CT molecular complexity index is 604. The van der Waals surface area contributed by atoms with Gasteiger partial charge in [-0.2, -0.15) is 0 Å². The first kappa shape index (κ1) is 11.9. The molecular formula is C16H15BrO. The minimum absolute atomic E-state index is 0.285. The van der Waals surface area contributed by atoms with Crippen molar-refractivity contribution in [2.24, 2.45) is 0 Å². The highest BCUT2D eigenvalue weighted by molar-refractivity contribution is 9.10. The molecular weight excluding hydrogens is 288 g/mol. The quantitative estimate of drug-likeness (QED) is 0.827. The van der Waals surface area contributed by atoms with Gasteiger partial charge in [0, 0.05) is 4.47 Å². The molecule has 0 fully saturated rings. The van der Waals surface area contributed by atoms with Gasteiger partial charge in [-0.1, -0.05) is 46.3 Å². The molecule has 2 aromatic carbocycles. The molecule has 0 heterocycles. The fourth-order valence-electron chi connectivity index (χ4n) is 2.78. The third kappa shape index (κ3) is 1.80. The molecule has 2 heteroatoms. The Balaban J connectivity index is 2.22. The van der Waals surface area contributed by atoms with Crippen molar-refractivity contribution in [3.63, 3.8) is 0 Å². The molecule has 3 rings (SSSR count). The maximum Gasteiger partial charge on any atom is 0.0796 e. The summed E-state index contributed by atoms with van der Waals surface area (Å²) in [6, 6.07) is 12.5. The molecule has 2 aromatic rings. The van der Waals surface area contributed by atoms with Gasteiger partial charge in [-0.25, -0.2) is 0 Å². The lowest BCUT2D eigenvalue weighted by Crippen LogP contribution is -1.93. The van der Waals surface area contributed by atoms with Gasteiger partial charge in [-0.15, -0.1) is 0 Å². The van der Waals surface area contributed by atoms with Crippen molar-refractivity contribution in [1.29, 1.82) is 0 Å². The lowest BCUT2D eigenvalue weighted by Gasteiger charge is -2.13. The van der Waals surface area contributed by atoms with Gasteiger partial charge >= 0.3 is 0 Å². The molecule has 0 aliphatic heterocycles. The number of aliphatic hydroxyl groups is 1. The van der Waals surface area contributed by atoms with Crippen LogP contribution in [0, 0.1) is 6.92 Å². The van der Waals surface area contributed by atoms with Gasteiger partial charge in [0.1, 0.15) is 0 Å². The second-order valence-corrected chi connectivity index (χ2v) is 5.69. The first-order chi connectivity index (χ1) is 8.68.